The molecule has 0 aliphatic rings. The van der Waals surface area contributed by atoms with Crippen molar-refractivity contribution in [1.29, 1.82) is 0 Å². The molecule has 6 nitrogen and oxygen atoms in total. The number of nitrogen functional groups attached to an aromatic ring is 1. The molecule has 0 aliphatic carbocycles. The highest BCUT2D eigenvalue weighted by Gasteiger charge is 2.24. The van der Waals surface area contributed by atoms with E-state index >= 15 is 0 Å². The van der Waals surface area contributed by atoms with Crippen LogP contribution in [-0.4, -0.2) is 23.6 Å². The molecule has 1 atom stereocenters. The first-order valence-electron chi connectivity index (χ1n) is 9.29. The van der Waals surface area contributed by atoms with Crippen LogP contribution in [0.15, 0.2) is 48.5 Å². The number of carbonyl (C=O) groups is 2. The van der Waals surface area contributed by atoms with Gasteiger partial charge in [-0.1, -0.05) is 42.0 Å². The summed E-state index contributed by atoms with van der Waals surface area (Å²) in [6.45, 7) is 7.71. The molecule has 0 saturated carbocycles. The molecule has 0 saturated heterocycles. The Morgan fingerprint density at radius 2 is 1.75 bits per heavy atom. The molecule has 0 heterocycles. The van der Waals surface area contributed by atoms with Gasteiger partial charge in [0.1, 0.15) is 11.6 Å². The van der Waals surface area contributed by atoms with E-state index in [0.29, 0.717) is 18.7 Å². The molecular formula is C22H29N3O3. The number of ether oxygens (including phenoxy) is 1. The van der Waals surface area contributed by atoms with Crippen LogP contribution < -0.4 is 16.4 Å². The summed E-state index contributed by atoms with van der Waals surface area (Å²) in [6.07, 6.45) is -0.323. The molecule has 0 aromatic heterocycles. The molecule has 4 N–H and O–H groups in total. The standard InChI is InChI=1S/C22H29N3O3/c1-15-8-10-16(11-9-15)14-24-20(26)19(25-21(27)28-22(2,3)4)13-17-6-5-7-18(23)12-17/h5-12,19H,13-14,23H2,1-4H3,(H,24,26)(H,25,27)/t19-/m0/s1. The molecule has 2 rings (SSSR count). The first-order valence-corrected chi connectivity index (χ1v) is 9.29. The van der Waals surface area contributed by atoms with Crippen LogP contribution in [0, 0.1) is 6.92 Å². The Kier molecular flexibility index (Phi) is 7.04. The minimum absolute atomic E-state index is 0.283. The predicted octanol–water partition coefficient (Wildman–Crippen LogP) is 3.33. The van der Waals surface area contributed by atoms with Gasteiger partial charge < -0.3 is 21.1 Å². The van der Waals surface area contributed by atoms with E-state index in [9.17, 15) is 9.59 Å². The largest absolute Gasteiger partial charge is 0.444 e. The number of hydrogen-bond donors (Lipinski definition) is 3. The topological polar surface area (TPSA) is 93.5 Å². The molecule has 0 fully saturated rings. The second-order valence-corrected chi connectivity index (χ2v) is 7.85. The van der Waals surface area contributed by atoms with Crippen molar-refractivity contribution in [2.24, 2.45) is 0 Å². The van der Waals surface area contributed by atoms with E-state index in [4.69, 9.17) is 10.5 Å². The fourth-order valence-electron chi connectivity index (χ4n) is 2.63. The van der Waals surface area contributed by atoms with Crippen LogP contribution in [0.1, 0.15) is 37.5 Å². The zero-order valence-electron chi connectivity index (χ0n) is 16.9. The summed E-state index contributed by atoms with van der Waals surface area (Å²) < 4.78 is 5.30. The summed E-state index contributed by atoms with van der Waals surface area (Å²) in [6, 6.07) is 14.4. The summed E-state index contributed by atoms with van der Waals surface area (Å²) in [5.41, 5.74) is 8.78. The lowest BCUT2D eigenvalue weighted by Crippen LogP contribution is -2.49. The Bertz CT molecular complexity index is 811. The molecule has 0 bridgehead atoms. The monoisotopic (exact) mass is 383 g/mol. The zero-order valence-corrected chi connectivity index (χ0v) is 16.9. The van der Waals surface area contributed by atoms with Gasteiger partial charge in [-0.15, -0.1) is 0 Å². The maximum absolute atomic E-state index is 12.8. The normalized spacial score (nSPS) is 12.1. The number of nitrogens with one attached hydrogen (secondary N) is 2. The highest BCUT2D eigenvalue weighted by molar-refractivity contribution is 5.86. The highest BCUT2D eigenvalue weighted by atomic mass is 16.6. The van der Waals surface area contributed by atoms with Crippen molar-refractivity contribution in [3.05, 3.63) is 65.2 Å². The van der Waals surface area contributed by atoms with Crippen molar-refractivity contribution in [2.75, 3.05) is 5.73 Å². The molecule has 2 aromatic carbocycles. The van der Waals surface area contributed by atoms with Gasteiger partial charge in [-0.05, 0) is 51.0 Å². The molecular weight excluding hydrogens is 354 g/mol. The summed E-state index contributed by atoms with van der Waals surface area (Å²) in [7, 11) is 0. The number of nitrogens with two attached hydrogens (primary N) is 1. The molecule has 0 radical (unpaired) electrons. The smallest absolute Gasteiger partial charge is 0.408 e. The van der Waals surface area contributed by atoms with Gasteiger partial charge in [0.25, 0.3) is 0 Å². The van der Waals surface area contributed by atoms with Crippen molar-refractivity contribution >= 4 is 17.7 Å². The minimum Gasteiger partial charge on any atom is -0.444 e. The molecule has 2 amide bonds. The van der Waals surface area contributed by atoms with E-state index in [1.807, 2.05) is 43.3 Å². The van der Waals surface area contributed by atoms with Crippen LogP contribution in [0.4, 0.5) is 10.5 Å². The van der Waals surface area contributed by atoms with Crippen molar-refractivity contribution in [3.63, 3.8) is 0 Å². The van der Waals surface area contributed by atoms with E-state index in [1.54, 1.807) is 32.9 Å². The third kappa shape index (κ3) is 7.31. The van der Waals surface area contributed by atoms with Crippen molar-refractivity contribution in [3.8, 4) is 0 Å². The van der Waals surface area contributed by atoms with Crippen LogP contribution in [0.3, 0.4) is 0 Å². The number of carbonyl (C=O) groups excluding carboxylic acids is 2. The average molecular weight is 383 g/mol. The highest BCUT2D eigenvalue weighted by Crippen LogP contribution is 2.11. The maximum atomic E-state index is 12.8. The number of rotatable bonds is 6. The van der Waals surface area contributed by atoms with E-state index in [0.717, 1.165) is 16.7 Å². The van der Waals surface area contributed by atoms with Gasteiger partial charge >= 0.3 is 6.09 Å². The van der Waals surface area contributed by atoms with Crippen molar-refractivity contribution in [1.82, 2.24) is 10.6 Å². The zero-order chi connectivity index (χ0) is 20.7. The Morgan fingerprint density at radius 1 is 1.07 bits per heavy atom. The van der Waals surface area contributed by atoms with Gasteiger partial charge in [-0.2, -0.15) is 0 Å². The molecule has 2 aromatic rings. The van der Waals surface area contributed by atoms with Crippen LogP contribution in [-0.2, 0) is 22.5 Å². The molecule has 0 unspecified atom stereocenters. The third-order valence-electron chi connectivity index (χ3n) is 3.99. The number of amides is 2. The van der Waals surface area contributed by atoms with E-state index in [-0.39, 0.29) is 5.91 Å². The molecule has 150 valence electrons. The molecule has 0 aliphatic heterocycles. The maximum Gasteiger partial charge on any atom is 0.408 e. The van der Waals surface area contributed by atoms with Gasteiger partial charge in [0, 0.05) is 18.7 Å². The Balaban J connectivity index is 2.07. The second kappa shape index (κ2) is 9.26. The Morgan fingerprint density at radius 3 is 2.36 bits per heavy atom. The Labute approximate surface area is 166 Å². The van der Waals surface area contributed by atoms with Gasteiger partial charge in [0.2, 0.25) is 5.91 Å². The van der Waals surface area contributed by atoms with E-state index in [1.165, 1.54) is 0 Å². The summed E-state index contributed by atoms with van der Waals surface area (Å²) in [4.78, 5) is 25.0. The minimum atomic E-state index is -0.776. The fourth-order valence-corrected chi connectivity index (χ4v) is 2.63. The fraction of sp³-hybridized carbons (Fsp3) is 0.364. The van der Waals surface area contributed by atoms with E-state index in [2.05, 4.69) is 10.6 Å². The van der Waals surface area contributed by atoms with Gasteiger partial charge in [0.15, 0.2) is 0 Å². The quantitative estimate of drug-likeness (QED) is 0.667. The lowest BCUT2D eigenvalue weighted by molar-refractivity contribution is -0.123. The summed E-state index contributed by atoms with van der Waals surface area (Å²) in [5, 5.41) is 5.55. The van der Waals surface area contributed by atoms with Crippen LogP contribution in [0.5, 0.6) is 0 Å². The van der Waals surface area contributed by atoms with Gasteiger partial charge in [-0.3, -0.25) is 4.79 Å². The van der Waals surface area contributed by atoms with E-state index < -0.39 is 17.7 Å². The third-order valence-corrected chi connectivity index (χ3v) is 3.99. The van der Waals surface area contributed by atoms with Gasteiger partial charge in [-0.25, -0.2) is 4.79 Å². The second-order valence-electron chi connectivity index (χ2n) is 7.85. The average Bonchev–Trinajstić information content (AvgIpc) is 2.59. The number of alkyl carbamates (subject to hydrolysis) is 1. The summed E-state index contributed by atoms with van der Waals surface area (Å²) in [5.74, 6) is -0.283. The number of hydrogen-bond acceptors (Lipinski definition) is 4. The SMILES string of the molecule is Cc1ccc(CNC(=O)[C@H](Cc2cccc(N)c2)NC(=O)OC(C)(C)C)cc1. The first-order chi connectivity index (χ1) is 13.1. The number of aryl methyl sites for hydroxylation is 1. The Hall–Kier alpha value is -3.02. The van der Waals surface area contributed by atoms with Crippen molar-refractivity contribution < 1.29 is 14.3 Å². The first kappa shape index (κ1) is 21.3. The molecule has 28 heavy (non-hydrogen) atoms. The lowest BCUT2D eigenvalue weighted by atomic mass is 10.0. The summed E-state index contributed by atoms with van der Waals surface area (Å²) >= 11 is 0. The van der Waals surface area contributed by atoms with Crippen LogP contribution >= 0.6 is 0 Å². The van der Waals surface area contributed by atoms with Crippen molar-refractivity contribution in [2.45, 2.75) is 52.3 Å². The number of anilines is 1. The van der Waals surface area contributed by atoms with Gasteiger partial charge in [0.05, 0.1) is 0 Å². The predicted molar refractivity (Wildman–Crippen MR) is 111 cm³/mol. The number of benzene rings is 2. The molecule has 0 spiro atoms. The van der Waals surface area contributed by atoms with Crippen LogP contribution in [0.2, 0.25) is 0 Å². The lowest BCUT2D eigenvalue weighted by Gasteiger charge is -2.23. The molecule has 6 heteroatoms. The van der Waals surface area contributed by atoms with Crippen LogP contribution in [0.25, 0.3) is 0 Å².